The van der Waals surface area contributed by atoms with Gasteiger partial charge in [-0.25, -0.2) is 0 Å². The van der Waals surface area contributed by atoms with E-state index in [-0.39, 0.29) is 17.2 Å². The Balaban J connectivity index is 2.44. The minimum Gasteiger partial charge on any atom is -0.307 e. The molecule has 0 radical (unpaired) electrons. The van der Waals surface area contributed by atoms with E-state index in [2.05, 4.69) is 23.9 Å². The molecule has 2 aromatic rings. The monoisotopic (exact) mass is 263 g/mol. The highest BCUT2D eigenvalue weighted by Gasteiger charge is 2.14. The van der Waals surface area contributed by atoms with Gasteiger partial charge in [0.25, 0.3) is 5.56 Å². The summed E-state index contributed by atoms with van der Waals surface area (Å²) < 4.78 is 1.79. The number of hydrogen-bond donors (Lipinski definition) is 2. The molecule has 5 heteroatoms. The van der Waals surface area contributed by atoms with E-state index >= 15 is 0 Å². The molecule has 0 bridgehead atoms. The second-order valence-electron chi connectivity index (χ2n) is 5.20. The Hall–Kier alpha value is -1.78. The number of pyridine rings is 1. The highest BCUT2D eigenvalue weighted by Crippen LogP contribution is 2.18. The van der Waals surface area contributed by atoms with Crippen LogP contribution in [0.15, 0.2) is 15.7 Å². The molecular weight excluding hydrogens is 242 g/mol. The molecule has 0 fully saturated rings. The van der Waals surface area contributed by atoms with Crippen molar-refractivity contribution in [3.8, 4) is 0 Å². The average molecular weight is 263 g/mol. The Morgan fingerprint density at radius 1 is 1.32 bits per heavy atom. The molecule has 0 saturated heterocycles. The molecule has 0 aliphatic rings. The van der Waals surface area contributed by atoms with E-state index in [1.54, 1.807) is 11.6 Å². The van der Waals surface area contributed by atoms with Crippen LogP contribution in [0, 0.1) is 6.92 Å². The first-order valence-electron chi connectivity index (χ1n) is 6.88. The predicted octanol–water partition coefficient (Wildman–Crippen LogP) is 2.47. The molecule has 2 heterocycles. The van der Waals surface area contributed by atoms with E-state index in [0.717, 1.165) is 18.4 Å². The zero-order valence-electron chi connectivity index (χ0n) is 11.7. The van der Waals surface area contributed by atoms with Crippen molar-refractivity contribution in [1.29, 1.82) is 0 Å². The fourth-order valence-corrected chi connectivity index (χ4v) is 2.51. The minimum atomic E-state index is -0.168. The van der Waals surface area contributed by atoms with Gasteiger partial charge in [0.2, 0.25) is 5.56 Å². The maximum Gasteiger partial charge on any atom is 0.273 e. The lowest BCUT2D eigenvalue weighted by Crippen LogP contribution is -2.12. The second kappa shape index (κ2) is 5.47. The van der Waals surface area contributed by atoms with Crippen LogP contribution in [0.3, 0.4) is 0 Å². The first-order chi connectivity index (χ1) is 9.04. The van der Waals surface area contributed by atoms with Crippen LogP contribution >= 0.6 is 0 Å². The fraction of sp³-hybridized carbons (Fsp3) is 0.571. The van der Waals surface area contributed by atoms with Gasteiger partial charge in [-0.05, 0) is 25.8 Å². The molecule has 0 aromatic carbocycles. The van der Waals surface area contributed by atoms with Gasteiger partial charge in [-0.15, -0.1) is 0 Å². The van der Waals surface area contributed by atoms with Crippen LogP contribution in [0.2, 0.25) is 0 Å². The number of nitrogens with zero attached hydrogens (tertiary/aromatic N) is 1. The van der Waals surface area contributed by atoms with Crippen molar-refractivity contribution in [1.82, 2.24) is 14.8 Å². The molecule has 0 saturated carbocycles. The molecule has 2 aromatic heterocycles. The summed E-state index contributed by atoms with van der Waals surface area (Å²) in [5.41, 5.74) is 1.03. The van der Waals surface area contributed by atoms with E-state index in [4.69, 9.17) is 0 Å². The normalized spacial score (nSPS) is 13.0. The highest BCUT2D eigenvalue weighted by atomic mass is 16.1. The highest BCUT2D eigenvalue weighted by molar-refractivity contribution is 5.77. The average Bonchev–Trinajstić information content (AvgIpc) is 2.66. The van der Waals surface area contributed by atoms with Crippen LogP contribution < -0.4 is 11.1 Å². The summed E-state index contributed by atoms with van der Waals surface area (Å²) in [5.74, 6) is 0. The number of aromatic amines is 2. The molecule has 0 aliphatic heterocycles. The summed E-state index contributed by atoms with van der Waals surface area (Å²) >= 11 is 0. The molecule has 19 heavy (non-hydrogen) atoms. The lowest BCUT2D eigenvalue weighted by atomic mass is 10.1. The van der Waals surface area contributed by atoms with E-state index in [1.807, 2.05) is 0 Å². The number of hydrogen-bond acceptors (Lipinski definition) is 2. The zero-order chi connectivity index (χ0) is 14.0. The van der Waals surface area contributed by atoms with Crippen LogP contribution in [-0.4, -0.2) is 14.8 Å². The number of aryl methyl sites for hydroxylation is 1. The number of rotatable bonds is 5. The van der Waals surface area contributed by atoms with E-state index < -0.39 is 0 Å². The quantitative estimate of drug-likeness (QED) is 0.813. The molecule has 0 amide bonds. The standard InChI is InChI=1S/C14H21N3O2/c1-4-5-6-7-10(3)17-13-12(14(19)16-17)9(2)8-11(18)15-13/h8,10H,4-7H2,1-3H3,(H,15,18)(H,16,19). The molecule has 0 aliphatic carbocycles. The van der Waals surface area contributed by atoms with Crippen molar-refractivity contribution in [2.75, 3.05) is 0 Å². The molecule has 0 spiro atoms. The molecule has 2 N–H and O–H groups in total. The Morgan fingerprint density at radius 3 is 2.74 bits per heavy atom. The third-order valence-electron chi connectivity index (χ3n) is 3.58. The lowest BCUT2D eigenvalue weighted by Gasteiger charge is -2.13. The number of fused-ring (bicyclic) bond motifs is 1. The fourth-order valence-electron chi connectivity index (χ4n) is 2.51. The van der Waals surface area contributed by atoms with Gasteiger partial charge in [0.1, 0.15) is 5.65 Å². The molecular formula is C14H21N3O2. The number of unbranched alkanes of at least 4 members (excludes halogenated alkanes) is 2. The number of nitrogens with one attached hydrogen (secondary N) is 2. The first kappa shape index (κ1) is 13.6. The van der Waals surface area contributed by atoms with E-state index in [9.17, 15) is 9.59 Å². The SMILES string of the molecule is CCCCCC(C)n1[nH]c(=O)c2c(C)cc(=O)[nH]c21. The van der Waals surface area contributed by atoms with Gasteiger partial charge < -0.3 is 4.98 Å². The molecule has 2 rings (SSSR count). The van der Waals surface area contributed by atoms with Crippen molar-refractivity contribution < 1.29 is 0 Å². The Labute approximate surface area is 111 Å². The number of aromatic nitrogens is 3. The van der Waals surface area contributed by atoms with E-state index in [0.29, 0.717) is 11.0 Å². The summed E-state index contributed by atoms with van der Waals surface area (Å²) in [4.78, 5) is 26.3. The molecule has 104 valence electrons. The third kappa shape index (κ3) is 2.64. The van der Waals surface area contributed by atoms with Gasteiger partial charge in [-0.2, -0.15) is 0 Å². The molecule has 1 atom stereocenters. The van der Waals surface area contributed by atoms with Gasteiger partial charge in [-0.1, -0.05) is 26.2 Å². The Bertz CT molecular complexity index is 678. The van der Waals surface area contributed by atoms with Crippen LogP contribution in [0.5, 0.6) is 0 Å². The van der Waals surface area contributed by atoms with Gasteiger partial charge in [0.05, 0.1) is 5.39 Å². The van der Waals surface area contributed by atoms with Gasteiger partial charge in [-0.3, -0.25) is 19.4 Å². The van der Waals surface area contributed by atoms with Crippen LogP contribution in [-0.2, 0) is 0 Å². The van der Waals surface area contributed by atoms with Crippen LogP contribution in [0.25, 0.3) is 11.0 Å². The largest absolute Gasteiger partial charge is 0.307 e. The summed E-state index contributed by atoms with van der Waals surface area (Å²) in [6.07, 6.45) is 4.47. The first-order valence-corrected chi connectivity index (χ1v) is 6.88. The summed E-state index contributed by atoms with van der Waals surface area (Å²) in [6.45, 7) is 6.02. The maximum atomic E-state index is 12.0. The van der Waals surface area contributed by atoms with Gasteiger partial charge in [0.15, 0.2) is 0 Å². The molecule has 1 unspecified atom stereocenters. The predicted molar refractivity (Wildman–Crippen MR) is 76.8 cm³/mol. The minimum absolute atomic E-state index is 0.133. The number of H-pyrrole nitrogens is 2. The third-order valence-corrected chi connectivity index (χ3v) is 3.58. The Kier molecular flexibility index (Phi) is 3.93. The van der Waals surface area contributed by atoms with E-state index in [1.165, 1.54) is 18.9 Å². The zero-order valence-corrected chi connectivity index (χ0v) is 11.7. The van der Waals surface area contributed by atoms with Gasteiger partial charge >= 0.3 is 0 Å². The maximum absolute atomic E-state index is 12.0. The van der Waals surface area contributed by atoms with Crippen molar-refractivity contribution in [2.45, 2.75) is 52.5 Å². The van der Waals surface area contributed by atoms with Crippen LogP contribution in [0.4, 0.5) is 0 Å². The van der Waals surface area contributed by atoms with Crippen LogP contribution in [0.1, 0.15) is 51.1 Å². The van der Waals surface area contributed by atoms with Crippen molar-refractivity contribution in [3.05, 3.63) is 32.3 Å². The second-order valence-corrected chi connectivity index (χ2v) is 5.20. The van der Waals surface area contributed by atoms with Crippen molar-refractivity contribution in [3.63, 3.8) is 0 Å². The lowest BCUT2D eigenvalue weighted by molar-refractivity contribution is 0.445. The summed E-state index contributed by atoms with van der Waals surface area (Å²) in [5, 5.41) is 3.42. The smallest absolute Gasteiger partial charge is 0.273 e. The summed E-state index contributed by atoms with van der Waals surface area (Å²) in [7, 11) is 0. The Morgan fingerprint density at radius 2 is 2.05 bits per heavy atom. The van der Waals surface area contributed by atoms with Crippen molar-refractivity contribution >= 4 is 11.0 Å². The van der Waals surface area contributed by atoms with Crippen molar-refractivity contribution in [2.24, 2.45) is 0 Å². The van der Waals surface area contributed by atoms with Gasteiger partial charge in [0, 0.05) is 12.1 Å². The summed E-state index contributed by atoms with van der Waals surface area (Å²) in [6, 6.07) is 1.64. The topological polar surface area (TPSA) is 70.7 Å². The molecule has 5 nitrogen and oxygen atoms in total.